The SMILES string of the molecule is CC(=O)OC[C@]12CCC(O)CC1=CC[C@@H]1[C@H]2CC[C@]2(C)C(O)CC[C@@H]12. The van der Waals surface area contributed by atoms with Gasteiger partial charge in [-0.2, -0.15) is 0 Å². The van der Waals surface area contributed by atoms with Crippen molar-refractivity contribution < 1.29 is 19.7 Å². The minimum atomic E-state index is -0.254. The first-order valence-corrected chi connectivity index (χ1v) is 10.1. The van der Waals surface area contributed by atoms with E-state index in [1.807, 2.05) is 0 Å². The summed E-state index contributed by atoms with van der Waals surface area (Å²) in [4.78, 5) is 11.5. The summed E-state index contributed by atoms with van der Waals surface area (Å²) in [5.41, 5.74) is 1.31. The first kappa shape index (κ1) is 17.5. The highest BCUT2D eigenvalue weighted by Crippen LogP contribution is 2.64. The van der Waals surface area contributed by atoms with Crippen molar-refractivity contribution in [2.24, 2.45) is 28.6 Å². The summed E-state index contributed by atoms with van der Waals surface area (Å²) in [5.74, 6) is 1.45. The van der Waals surface area contributed by atoms with Gasteiger partial charge in [0.25, 0.3) is 0 Å². The van der Waals surface area contributed by atoms with Crippen molar-refractivity contribution in [3.05, 3.63) is 11.6 Å². The van der Waals surface area contributed by atoms with Gasteiger partial charge in [-0.3, -0.25) is 4.79 Å². The van der Waals surface area contributed by atoms with Gasteiger partial charge in [-0.15, -0.1) is 0 Å². The van der Waals surface area contributed by atoms with Gasteiger partial charge in [0.1, 0.15) is 6.61 Å². The minimum Gasteiger partial charge on any atom is -0.465 e. The maximum atomic E-state index is 11.5. The van der Waals surface area contributed by atoms with Gasteiger partial charge in [-0.25, -0.2) is 0 Å². The molecule has 0 saturated heterocycles. The van der Waals surface area contributed by atoms with Crippen molar-refractivity contribution >= 4 is 5.97 Å². The van der Waals surface area contributed by atoms with Crippen LogP contribution in [0.15, 0.2) is 11.6 Å². The highest BCUT2D eigenvalue weighted by atomic mass is 16.5. The zero-order valence-electron chi connectivity index (χ0n) is 15.5. The van der Waals surface area contributed by atoms with Crippen molar-refractivity contribution in [2.45, 2.75) is 77.4 Å². The first-order valence-electron chi connectivity index (χ1n) is 10.1. The maximum Gasteiger partial charge on any atom is 0.302 e. The third-order valence-electron chi connectivity index (χ3n) is 8.28. The Labute approximate surface area is 150 Å². The summed E-state index contributed by atoms with van der Waals surface area (Å²) in [6.45, 7) is 4.24. The normalized spacial score (nSPS) is 48.8. The standard InChI is InChI=1S/C21H32O4/c1-13(22)25-12-21-10-7-15(23)11-14(21)3-4-16-17-5-6-19(24)20(17,2)9-8-18(16)21/h3,15-19,23-24H,4-12H2,1-2H3/t15?,16-,17-,18+,19?,20-,21+/m0/s1. The third kappa shape index (κ3) is 2.59. The summed E-state index contributed by atoms with van der Waals surface area (Å²) in [6.07, 6.45) is 9.65. The van der Waals surface area contributed by atoms with Crippen LogP contribution in [0.2, 0.25) is 0 Å². The van der Waals surface area contributed by atoms with Crippen LogP contribution in [0.25, 0.3) is 0 Å². The van der Waals surface area contributed by atoms with E-state index in [-0.39, 0.29) is 29.0 Å². The molecule has 4 aliphatic carbocycles. The Morgan fingerprint density at radius 2 is 2.00 bits per heavy atom. The van der Waals surface area contributed by atoms with E-state index in [2.05, 4.69) is 13.0 Å². The van der Waals surface area contributed by atoms with Gasteiger partial charge in [0.05, 0.1) is 12.2 Å². The molecule has 0 heterocycles. The van der Waals surface area contributed by atoms with Crippen LogP contribution in [-0.4, -0.2) is 35.0 Å². The Kier molecular flexibility index (Phi) is 4.27. The van der Waals surface area contributed by atoms with Gasteiger partial charge < -0.3 is 14.9 Å². The molecule has 2 unspecified atom stereocenters. The second-order valence-electron chi connectivity index (χ2n) is 9.31. The van der Waals surface area contributed by atoms with Gasteiger partial charge in [0, 0.05) is 12.3 Å². The number of aliphatic hydroxyl groups is 2. The highest BCUT2D eigenvalue weighted by Gasteiger charge is 2.60. The van der Waals surface area contributed by atoms with E-state index in [1.54, 1.807) is 0 Å². The molecule has 0 spiro atoms. The summed E-state index contributed by atoms with van der Waals surface area (Å²) < 4.78 is 5.57. The lowest BCUT2D eigenvalue weighted by molar-refractivity contribution is -0.150. The molecule has 0 aromatic rings. The van der Waals surface area contributed by atoms with Gasteiger partial charge in [-0.1, -0.05) is 18.6 Å². The first-order chi connectivity index (χ1) is 11.9. The number of esters is 1. The summed E-state index contributed by atoms with van der Waals surface area (Å²) >= 11 is 0. The molecule has 0 radical (unpaired) electrons. The maximum absolute atomic E-state index is 11.5. The summed E-state index contributed by atoms with van der Waals surface area (Å²) in [6, 6.07) is 0. The number of hydrogen-bond acceptors (Lipinski definition) is 4. The van der Waals surface area contributed by atoms with Gasteiger partial charge in [-0.05, 0) is 74.5 Å². The zero-order chi connectivity index (χ0) is 17.8. The number of allylic oxidation sites excluding steroid dienone is 1. The minimum absolute atomic E-state index is 0.0588. The second-order valence-corrected chi connectivity index (χ2v) is 9.31. The monoisotopic (exact) mass is 348 g/mol. The van der Waals surface area contributed by atoms with E-state index in [0.717, 1.165) is 51.4 Å². The number of hydrogen-bond donors (Lipinski definition) is 2. The van der Waals surface area contributed by atoms with Crippen molar-refractivity contribution in [1.82, 2.24) is 0 Å². The summed E-state index contributed by atoms with van der Waals surface area (Å²) in [5, 5.41) is 20.7. The fourth-order valence-corrected chi connectivity index (χ4v) is 6.91. The van der Waals surface area contributed by atoms with Crippen molar-refractivity contribution in [1.29, 1.82) is 0 Å². The zero-order valence-corrected chi connectivity index (χ0v) is 15.5. The Bertz CT molecular complexity index is 584. The van der Waals surface area contributed by atoms with Gasteiger partial charge in [0.2, 0.25) is 0 Å². The molecule has 0 aromatic carbocycles. The molecular weight excluding hydrogens is 316 g/mol. The van der Waals surface area contributed by atoms with E-state index in [0.29, 0.717) is 24.4 Å². The van der Waals surface area contributed by atoms with E-state index in [1.165, 1.54) is 12.5 Å². The van der Waals surface area contributed by atoms with Gasteiger partial charge >= 0.3 is 5.97 Å². The number of carbonyl (C=O) groups is 1. The largest absolute Gasteiger partial charge is 0.465 e. The van der Waals surface area contributed by atoms with Crippen molar-refractivity contribution in [2.75, 3.05) is 6.61 Å². The Morgan fingerprint density at radius 1 is 1.20 bits per heavy atom. The fourth-order valence-electron chi connectivity index (χ4n) is 6.91. The number of aliphatic hydroxyl groups excluding tert-OH is 2. The Hall–Kier alpha value is -0.870. The molecule has 7 atom stereocenters. The molecule has 4 rings (SSSR count). The number of ether oxygens (including phenoxy) is 1. The Balaban J connectivity index is 1.68. The van der Waals surface area contributed by atoms with Crippen LogP contribution in [0.3, 0.4) is 0 Å². The quantitative estimate of drug-likeness (QED) is 0.594. The summed E-state index contributed by atoms with van der Waals surface area (Å²) in [7, 11) is 0. The predicted molar refractivity (Wildman–Crippen MR) is 94.7 cm³/mol. The lowest BCUT2D eigenvalue weighted by atomic mass is 9.47. The number of carbonyl (C=O) groups excluding carboxylic acids is 1. The van der Waals surface area contributed by atoms with Crippen LogP contribution in [0.1, 0.15) is 65.2 Å². The predicted octanol–water partition coefficient (Wildman–Crippen LogP) is 3.21. The molecule has 2 N–H and O–H groups in total. The average molecular weight is 348 g/mol. The molecule has 25 heavy (non-hydrogen) atoms. The molecule has 4 nitrogen and oxygen atoms in total. The second kappa shape index (κ2) is 6.09. The highest BCUT2D eigenvalue weighted by molar-refractivity contribution is 5.66. The van der Waals surface area contributed by atoms with E-state index in [9.17, 15) is 15.0 Å². The molecule has 0 bridgehead atoms. The number of rotatable bonds is 2. The topological polar surface area (TPSA) is 66.8 Å². The molecule has 0 amide bonds. The van der Waals surface area contributed by atoms with Crippen LogP contribution >= 0.6 is 0 Å². The van der Waals surface area contributed by atoms with Crippen LogP contribution in [0.4, 0.5) is 0 Å². The van der Waals surface area contributed by atoms with Crippen LogP contribution in [0.5, 0.6) is 0 Å². The molecule has 0 aliphatic heterocycles. The molecular formula is C21H32O4. The van der Waals surface area contributed by atoms with E-state index < -0.39 is 0 Å². The smallest absolute Gasteiger partial charge is 0.302 e. The third-order valence-corrected chi connectivity index (χ3v) is 8.28. The Morgan fingerprint density at radius 3 is 2.76 bits per heavy atom. The van der Waals surface area contributed by atoms with Crippen molar-refractivity contribution in [3.8, 4) is 0 Å². The van der Waals surface area contributed by atoms with Crippen LogP contribution in [0, 0.1) is 28.6 Å². The van der Waals surface area contributed by atoms with Crippen LogP contribution in [-0.2, 0) is 9.53 Å². The van der Waals surface area contributed by atoms with E-state index >= 15 is 0 Å². The fraction of sp³-hybridized carbons (Fsp3) is 0.857. The molecule has 4 aliphatic rings. The lowest BCUT2D eigenvalue weighted by Gasteiger charge is -2.58. The average Bonchev–Trinajstić information content (AvgIpc) is 2.88. The lowest BCUT2D eigenvalue weighted by Crippen LogP contribution is -2.53. The molecule has 140 valence electrons. The molecule has 0 aromatic heterocycles. The van der Waals surface area contributed by atoms with Crippen LogP contribution < -0.4 is 0 Å². The van der Waals surface area contributed by atoms with Crippen molar-refractivity contribution in [3.63, 3.8) is 0 Å². The number of fused-ring (bicyclic) bond motifs is 5. The van der Waals surface area contributed by atoms with E-state index in [4.69, 9.17) is 4.74 Å². The molecule has 4 heteroatoms. The van der Waals surface area contributed by atoms with Gasteiger partial charge in [0.15, 0.2) is 0 Å². The molecule has 3 saturated carbocycles. The molecule has 3 fully saturated rings.